The number of carbonyl (C=O) groups is 2. The Morgan fingerprint density at radius 1 is 0.781 bits per heavy atom. The number of rotatable bonds is 13. The number of aryl methyl sites for hydroxylation is 2. The highest BCUT2D eigenvalue weighted by atomic mass is 16.5. The molecule has 0 aromatic heterocycles. The monoisotopic (exact) mass is 440 g/mol. The molecule has 0 saturated heterocycles. The number of amides is 2. The average molecular weight is 441 g/mol. The van der Waals surface area contributed by atoms with Gasteiger partial charge in [0.15, 0.2) is 0 Å². The van der Waals surface area contributed by atoms with Gasteiger partial charge in [-0.15, -0.1) is 0 Å². The number of methoxy groups -OCH3 is 1. The minimum Gasteiger partial charge on any atom is -0.495 e. The van der Waals surface area contributed by atoms with Gasteiger partial charge >= 0.3 is 0 Å². The fourth-order valence-corrected chi connectivity index (χ4v) is 3.57. The van der Waals surface area contributed by atoms with E-state index >= 15 is 0 Å². The highest BCUT2D eigenvalue weighted by Gasteiger charge is 2.09. The second-order valence-electron chi connectivity index (χ2n) is 8.24. The molecule has 2 amide bonds. The first-order valence-corrected chi connectivity index (χ1v) is 11.4. The Balaban J connectivity index is 1.56. The average Bonchev–Trinajstić information content (AvgIpc) is 2.76. The minimum absolute atomic E-state index is 0.00367. The molecule has 32 heavy (non-hydrogen) atoms. The first kappa shape index (κ1) is 25.4. The maximum absolute atomic E-state index is 12.2. The van der Waals surface area contributed by atoms with Crippen molar-refractivity contribution in [1.29, 1.82) is 0 Å². The lowest BCUT2D eigenvalue weighted by atomic mass is 10.1. The molecule has 0 atom stereocenters. The Kier molecular flexibility index (Phi) is 10.7. The van der Waals surface area contributed by atoms with Crippen LogP contribution in [0, 0.1) is 13.8 Å². The van der Waals surface area contributed by atoms with Crippen molar-refractivity contribution >= 4 is 23.2 Å². The summed E-state index contributed by atoms with van der Waals surface area (Å²) in [4.78, 5) is 24.4. The number of hydrogen-bond acceptors (Lipinski definition) is 4. The van der Waals surface area contributed by atoms with Crippen molar-refractivity contribution in [2.24, 2.45) is 0 Å². The quantitative estimate of drug-likeness (QED) is 0.359. The van der Waals surface area contributed by atoms with Crippen LogP contribution in [0.4, 0.5) is 11.4 Å². The van der Waals surface area contributed by atoms with Crippen molar-refractivity contribution in [2.75, 3.05) is 17.7 Å². The van der Waals surface area contributed by atoms with Crippen LogP contribution in [-0.2, 0) is 16.2 Å². The summed E-state index contributed by atoms with van der Waals surface area (Å²) in [6.07, 6.45) is 6.72. The van der Waals surface area contributed by atoms with Crippen LogP contribution in [0.25, 0.3) is 0 Å². The molecule has 0 aliphatic rings. The van der Waals surface area contributed by atoms with Crippen LogP contribution in [0.15, 0.2) is 36.4 Å². The third-order valence-corrected chi connectivity index (χ3v) is 5.40. The van der Waals surface area contributed by atoms with Crippen LogP contribution < -0.4 is 15.4 Å². The summed E-state index contributed by atoms with van der Waals surface area (Å²) in [5.74, 6) is 0.653. The van der Waals surface area contributed by atoms with E-state index in [2.05, 4.69) is 10.6 Å². The molecule has 0 heterocycles. The molecule has 0 radical (unpaired) electrons. The van der Waals surface area contributed by atoms with E-state index in [9.17, 15) is 14.7 Å². The lowest BCUT2D eigenvalue weighted by molar-refractivity contribution is -0.117. The van der Waals surface area contributed by atoms with Crippen LogP contribution in [0.3, 0.4) is 0 Å². The predicted octanol–water partition coefficient (Wildman–Crippen LogP) is 5.50. The van der Waals surface area contributed by atoms with Crippen LogP contribution >= 0.6 is 0 Å². The molecular formula is C26H36N2O4. The summed E-state index contributed by atoms with van der Waals surface area (Å²) in [6.45, 7) is 3.85. The highest BCUT2D eigenvalue weighted by Crippen LogP contribution is 2.25. The molecule has 3 N–H and O–H groups in total. The smallest absolute Gasteiger partial charge is 0.224 e. The van der Waals surface area contributed by atoms with E-state index in [0.717, 1.165) is 55.2 Å². The third-order valence-electron chi connectivity index (χ3n) is 5.40. The maximum Gasteiger partial charge on any atom is 0.224 e. The molecule has 0 bridgehead atoms. The molecule has 0 fully saturated rings. The molecule has 2 aromatic carbocycles. The van der Waals surface area contributed by atoms with Gasteiger partial charge in [0, 0.05) is 24.1 Å². The van der Waals surface area contributed by atoms with E-state index in [0.29, 0.717) is 30.0 Å². The summed E-state index contributed by atoms with van der Waals surface area (Å²) in [5.41, 5.74) is 4.26. The van der Waals surface area contributed by atoms with Gasteiger partial charge in [0.2, 0.25) is 11.8 Å². The minimum atomic E-state index is -0.0908. The number of hydrogen-bond donors (Lipinski definition) is 3. The van der Waals surface area contributed by atoms with Crippen molar-refractivity contribution in [1.82, 2.24) is 0 Å². The lowest BCUT2D eigenvalue weighted by Crippen LogP contribution is -2.13. The summed E-state index contributed by atoms with van der Waals surface area (Å²) in [7, 11) is 1.60. The van der Waals surface area contributed by atoms with Gasteiger partial charge < -0.3 is 20.5 Å². The second kappa shape index (κ2) is 13.5. The van der Waals surface area contributed by atoms with Crippen molar-refractivity contribution < 1.29 is 19.4 Å². The van der Waals surface area contributed by atoms with E-state index in [4.69, 9.17) is 4.74 Å². The summed E-state index contributed by atoms with van der Waals surface area (Å²) >= 11 is 0. The zero-order valence-corrected chi connectivity index (χ0v) is 19.5. The van der Waals surface area contributed by atoms with Gasteiger partial charge in [0.25, 0.3) is 0 Å². The number of anilines is 2. The van der Waals surface area contributed by atoms with E-state index in [-0.39, 0.29) is 18.4 Å². The van der Waals surface area contributed by atoms with Crippen molar-refractivity contribution in [3.63, 3.8) is 0 Å². The standard InChI is InChI=1S/C26H36N2O4/c1-19-12-14-21(18-29)22(16-19)27-25(30)10-8-6-4-5-7-9-11-26(31)28-23-17-20(2)13-15-24(23)32-3/h12-17,29H,4-11,18H2,1-3H3,(H,27,30)(H,28,31). The molecule has 0 aliphatic heterocycles. The number of aliphatic hydroxyl groups excluding tert-OH is 1. The lowest BCUT2D eigenvalue weighted by Gasteiger charge is -2.11. The molecule has 0 aliphatic carbocycles. The van der Waals surface area contributed by atoms with E-state index in [1.807, 2.05) is 50.2 Å². The number of ether oxygens (including phenoxy) is 1. The van der Waals surface area contributed by atoms with Crippen molar-refractivity contribution in [2.45, 2.75) is 71.8 Å². The molecule has 2 aromatic rings. The first-order chi connectivity index (χ1) is 15.4. The fraction of sp³-hybridized carbons (Fsp3) is 0.462. The third kappa shape index (κ3) is 8.71. The molecule has 2 rings (SSSR count). The Morgan fingerprint density at radius 3 is 1.84 bits per heavy atom. The van der Waals surface area contributed by atoms with Crippen molar-refractivity contribution in [3.05, 3.63) is 53.1 Å². The van der Waals surface area contributed by atoms with Gasteiger partial charge in [-0.05, 0) is 56.0 Å². The summed E-state index contributed by atoms with van der Waals surface area (Å²) < 4.78 is 5.29. The maximum atomic E-state index is 12.2. The molecule has 0 spiro atoms. The fourth-order valence-electron chi connectivity index (χ4n) is 3.57. The van der Waals surface area contributed by atoms with Gasteiger partial charge in [0.1, 0.15) is 5.75 Å². The first-order valence-electron chi connectivity index (χ1n) is 11.4. The number of unbranched alkanes of at least 4 members (excludes halogenated alkanes) is 5. The van der Waals surface area contributed by atoms with Gasteiger partial charge in [-0.1, -0.05) is 43.9 Å². The van der Waals surface area contributed by atoms with E-state index < -0.39 is 0 Å². The summed E-state index contributed by atoms with van der Waals surface area (Å²) in [5, 5.41) is 15.2. The van der Waals surface area contributed by atoms with Crippen molar-refractivity contribution in [3.8, 4) is 5.75 Å². The Labute approximate surface area is 191 Å². The van der Waals surface area contributed by atoms with Crippen LogP contribution in [0.1, 0.15) is 68.1 Å². The number of benzene rings is 2. The summed E-state index contributed by atoms with van der Waals surface area (Å²) in [6, 6.07) is 11.4. The molecule has 6 nitrogen and oxygen atoms in total. The highest BCUT2D eigenvalue weighted by molar-refractivity contribution is 5.92. The zero-order valence-electron chi connectivity index (χ0n) is 19.5. The van der Waals surface area contributed by atoms with E-state index in [1.54, 1.807) is 7.11 Å². The number of nitrogens with one attached hydrogen (secondary N) is 2. The van der Waals surface area contributed by atoms with Gasteiger partial charge in [-0.3, -0.25) is 9.59 Å². The predicted molar refractivity (Wildman–Crippen MR) is 129 cm³/mol. The molecule has 174 valence electrons. The van der Waals surface area contributed by atoms with Crippen LogP contribution in [0.5, 0.6) is 5.75 Å². The van der Waals surface area contributed by atoms with Gasteiger partial charge in [-0.2, -0.15) is 0 Å². The second-order valence-corrected chi connectivity index (χ2v) is 8.24. The largest absolute Gasteiger partial charge is 0.495 e. The Hall–Kier alpha value is -2.86. The Bertz CT molecular complexity index is 822. The molecule has 0 saturated carbocycles. The molecule has 6 heteroatoms. The topological polar surface area (TPSA) is 87.7 Å². The Morgan fingerprint density at radius 2 is 1.28 bits per heavy atom. The van der Waals surface area contributed by atoms with Gasteiger partial charge in [-0.25, -0.2) is 0 Å². The van der Waals surface area contributed by atoms with Crippen LogP contribution in [0.2, 0.25) is 0 Å². The molecular weight excluding hydrogens is 404 g/mol. The normalized spacial score (nSPS) is 10.6. The number of carbonyl (C=O) groups excluding carboxylic acids is 2. The number of aliphatic hydroxyl groups is 1. The van der Waals surface area contributed by atoms with E-state index in [1.165, 1.54) is 0 Å². The van der Waals surface area contributed by atoms with Gasteiger partial charge in [0.05, 0.1) is 19.4 Å². The van der Waals surface area contributed by atoms with Crippen LogP contribution in [-0.4, -0.2) is 24.0 Å². The zero-order chi connectivity index (χ0) is 23.3. The SMILES string of the molecule is COc1ccc(C)cc1NC(=O)CCCCCCCCC(=O)Nc1cc(C)ccc1CO. The molecule has 0 unspecified atom stereocenters.